The maximum atomic E-state index is 4.74. The maximum Gasteiger partial charge on any atom is 0.128 e. The molecule has 3 aromatic rings. The number of anilines is 1. The van der Waals surface area contributed by atoms with E-state index in [1.165, 1.54) is 27.7 Å². The molecule has 0 spiro atoms. The third-order valence-electron chi connectivity index (χ3n) is 4.55. The Balaban J connectivity index is 1.84. The van der Waals surface area contributed by atoms with Gasteiger partial charge in [0, 0.05) is 12.1 Å². The summed E-state index contributed by atoms with van der Waals surface area (Å²) in [6, 6.07) is 15.6. The maximum absolute atomic E-state index is 4.74. The van der Waals surface area contributed by atoms with E-state index in [-0.39, 0.29) is 0 Å². The first-order valence-electron chi connectivity index (χ1n) is 7.52. The molecule has 1 N–H and O–H groups in total. The molecule has 0 bridgehead atoms. The number of aryl methyl sites for hydroxylation is 1. The monoisotopic (exact) mass is 277 g/mol. The lowest BCUT2D eigenvalue weighted by molar-refractivity contribution is 0.480. The SMILES string of the molecule is Cc1nn2c(c1C)NCCC2c1ccc2ccccc2c1. The number of benzene rings is 2. The van der Waals surface area contributed by atoms with Crippen molar-refractivity contribution in [3.8, 4) is 0 Å². The van der Waals surface area contributed by atoms with Crippen LogP contribution in [0.4, 0.5) is 5.82 Å². The summed E-state index contributed by atoms with van der Waals surface area (Å²) in [5.41, 5.74) is 3.73. The smallest absolute Gasteiger partial charge is 0.128 e. The van der Waals surface area contributed by atoms with E-state index in [0.717, 1.165) is 18.7 Å². The summed E-state index contributed by atoms with van der Waals surface area (Å²) in [5, 5.41) is 10.8. The molecule has 1 aromatic heterocycles. The molecule has 0 radical (unpaired) electrons. The normalized spacial score (nSPS) is 17.5. The Kier molecular flexibility index (Phi) is 2.74. The minimum Gasteiger partial charge on any atom is -0.370 e. The molecule has 1 aliphatic rings. The molecule has 2 heterocycles. The molecular weight excluding hydrogens is 258 g/mol. The highest BCUT2D eigenvalue weighted by Crippen LogP contribution is 2.33. The van der Waals surface area contributed by atoms with Gasteiger partial charge in [-0.1, -0.05) is 36.4 Å². The molecule has 1 aliphatic heterocycles. The highest BCUT2D eigenvalue weighted by Gasteiger charge is 2.24. The van der Waals surface area contributed by atoms with Gasteiger partial charge in [-0.25, -0.2) is 4.68 Å². The number of hydrogen-bond donors (Lipinski definition) is 1. The van der Waals surface area contributed by atoms with Crippen molar-refractivity contribution in [1.82, 2.24) is 9.78 Å². The minimum atomic E-state index is 0.332. The van der Waals surface area contributed by atoms with Gasteiger partial charge < -0.3 is 5.32 Å². The molecule has 1 unspecified atom stereocenters. The summed E-state index contributed by atoms with van der Waals surface area (Å²) in [6.45, 7) is 5.23. The minimum absolute atomic E-state index is 0.332. The predicted molar refractivity (Wildman–Crippen MR) is 86.9 cm³/mol. The first-order chi connectivity index (χ1) is 10.2. The Hall–Kier alpha value is -2.29. The summed E-state index contributed by atoms with van der Waals surface area (Å²) in [7, 11) is 0. The number of rotatable bonds is 1. The largest absolute Gasteiger partial charge is 0.370 e. The summed E-state index contributed by atoms with van der Waals surface area (Å²) in [5.74, 6) is 1.18. The van der Waals surface area contributed by atoms with Gasteiger partial charge in [0.2, 0.25) is 0 Å². The summed E-state index contributed by atoms with van der Waals surface area (Å²) in [4.78, 5) is 0. The van der Waals surface area contributed by atoms with Gasteiger partial charge in [0.1, 0.15) is 5.82 Å². The van der Waals surface area contributed by atoms with E-state index in [1.54, 1.807) is 0 Å². The van der Waals surface area contributed by atoms with E-state index in [4.69, 9.17) is 5.10 Å². The molecule has 0 aliphatic carbocycles. The van der Waals surface area contributed by atoms with Gasteiger partial charge in [-0.3, -0.25) is 0 Å². The van der Waals surface area contributed by atoms with Crippen molar-refractivity contribution in [3.63, 3.8) is 0 Å². The standard InChI is InChI=1S/C18H19N3/c1-12-13(2)20-21-17(9-10-19-18(12)21)16-8-7-14-5-3-4-6-15(14)11-16/h3-8,11,17,19H,9-10H2,1-2H3. The zero-order chi connectivity index (χ0) is 14.4. The van der Waals surface area contributed by atoms with Crippen molar-refractivity contribution in [3.05, 3.63) is 59.3 Å². The Morgan fingerprint density at radius 3 is 2.76 bits per heavy atom. The average molecular weight is 277 g/mol. The molecule has 21 heavy (non-hydrogen) atoms. The average Bonchev–Trinajstić information content (AvgIpc) is 2.82. The number of hydrogen-bond acceptors (Lipinski definition) is 2. The lowest BCUT2D eigenvalue weighted by atomic mass is 9.99. The zero-order valence-corrected chi connectivity index (χ0v) is 12.4. The Labute approximate surface area is 124 Å². The topological polar surface area (TPSA) is 29.9 Å². The van der Waals surface area contributed by atoms with Crippen LogP contribution >= 0.6 is 0 Å². The van der Waals surface area contributed by atoms with Crippen LogP contribution in [0.2, 0.25) is 0 Å². The lowest BCUT2D eigenvalue weighted by Gasteiger charge is -2.26. The number of aromatic nitrogens is 2. The predicted octanol–water partition coefficient (Wildman–Crippen LogP) is 4.06. The van der Waals surface area contributed by atoms with Crippen LogP contribution in [0, 0.1) is 13.8 Å². The van der Waals surface area contributed by atoms with Gasteiger partial charge >= 0.3 is 0 Å². The molecule has 0 amide bonds. The van der Waals surface area contributed by atoms with Crippen molar-refractivity contribution in [2.24, 2.45) is 0 Å². The van der Waals surface area contributed by atoms with Gasteiger partial charge in [-0.15, -0.1) is 0 Å². The first-order valence-corrected chi connectivity index (χ1v) is 7.52. The molecule has 4 rings (SSSR count). The van der Waals surface area contributed by atoms with E-state index < -0.39 is 0 Å². The van der Waals surface area contributed by atoms with Crippen LogP contribution in [0.15, 0.2) is 42.5 Å². The second-order valence-corrected chi connectivity index (χ2v) is 5.84. The van der Waals surface area contributed by atoms with Crippen LogP contribution in [0.5, 0.6) is 0 Å². The highest BCUT2D eigenvalue weighted by atomic mass is 15.4. The van der Waals surface area contributed by atoms with E-state index in [1.807, 2.05) is 0 Å². The Morgan fingerprint density at radius 1 is 1.10 bits per heavy atom. The van der Waals surface area contributed by atoms with Crippen LogP contribution < -0.4 is 5.32 Å². The summed E-state index contributed by atoms with van der Waals surface area (Å²) in [6.07, 6.45) is 1.08. The fraction of sp³-hybridized carbons (Fsp3) is 0.278. The molecule has 0 fully saturated rings. The summed E-state index contributed by atoms with van der Waals surface area (Å²) < 4.78 is 2.16. The third kappa shape index (κ3) is 1.92. The number of nitrogens with one attached hydrogen (secondary N) is 1. The van der Waals surface area contributed by atoms with Crippen LogP contribution in [0.1, 0.15) is 29.3 Å². The van der Waals surface area contributed by atoms with Crippen molar-refractivity contribution >= 4 is 16.6 Å². The van der Waals surface area contributed by atoms with Gasteiger partial charge in [-0.2, -0.15) is 5.10 Å². The second-order valence-electron chi connectivity index (χ2n) is 5.84. The molecule has 3 nitrogen and oxygen atoms in total. The molecule has 1 atom stereocenters. The molecule has 3 heteroatoms. The zero-order valence-electron chi connectivity index (χ0n) is 12.4. The number of fused-ring (bicyclic) bond motifs is 2. The molecule has 0 saturated heterocycles. The van der Waals surface area contributed by atoms with Crippen molar-refractivity contribution < 1.29 is 0 Å². The fourth-order valence-corrected chi connectivity index (χ4v) is 3.24. The fourth-order valence-electron chi connectivity index (χ4n) is 3.24. The first kappa shape index (κ1) is 12.5. The Morgan fingerprint density at radius 2 is 1.90 bits per heavy atom. The van der Waals surface area contributed by atoms with E-state index >= 15 is 0 Å². The second kappa shape index (κ2) is 4.62. The van der Waals surface area contributed by atoms with Gasteiger partial charge in [0.25, 0.3) is 0 Å². The number of nitrogens with zero attached hydrogens (tertiary/aromatic N) is 2. The molecule has 106 valence electrons. The molecular formula is C18H19N3. The quantitative estimate of drug-likeness (QED) is 0.727. The lowest BCUT2D eigenvalue weighted by Crippen LogP contribution is -2.24. The molecule has 2 aromatic carbocycles. The third-order valence-corrected chi connectivity index (χ3v) is 4.55. The van der Waals surface area contributed by atoms with Crippen LogP contribution in [0.25, 0.3) is 10.8 Å². The van der Waals surface area contributed by atoms with Crippen molar-refractivity contribution in [2.75, 3.05) is 11.9 Å². The van der Waals surface area contributed by atoms with Crippen molar-refractivity contribution in [2.45, 2.75) is 26.3 Å². The van der Waals surface area contributed by atoms with Gasteiger partial charge in [-0.05, 0) is 42.7 Å². The van der Waals surface area contributed by atoms with Crippen molar-refractivity contribution in [1.29, 1.82) is 0 Å². The van der Waals surface area contributed by atoms with E-state index in [9.17, 15) is 0 Å². The Bertz CT molecular complexity index is 816. The van der Waals surface area contributed by atoms with Crippen LogP contribution in [-0.2, 0) is 0 Å². The van der Waals surface area contributed by atoms with Crippen LogP contribution in [-0.4, -0.2) is 16.3 Å². The highest BCUT2D eigenvalue weighted by molar-refractivity contribution is 5.83. The molecule has 0 saturated carbocycles. The van der Waals surface area contributed by atoms with Gasteiger partial charge in [0.15, 0.2) is 0 Å². The van der Waals surface area contributed by atoms with E-state index in [0.29, 0.717) is 6.04 Å². The summed E-state index contributed by atoms with van der Waals surface area (Å²) >= 11 is 0. The van der Waals surface area contributed by atoms with Crippen LogP contribution in [0.3, 0.4) is 0 Å². The van der Waals surface area contributed by atoms with E-state index in [2.05, 4.69) is 66.3 Å². The van der Waals surface area contributed by atoms with Gasteiger partial charge in [0.05, 0.1) is 11.7 Å².